The van der Waals surface area contributed by atoms with Crippen molar-refractivity contribution in [2.24, 2.45) is 0 Å². The maximum atomic E-state index is 13.2. The van der Waals surface area contributed by atoms with Gasteiger partial charge in [0.1, 0.15) is 6.04 Å². The number of amides is 2. The van der Waals surface area contributed by atoms with Crippen LogP contribution in [0.2, 0.25) is 5.02 Å². The standard InChI is InChI=1S/C25H33ClN2O2S/c1-6-22(24(30)27-25(3,4)5)28(15-19-12-10-18(2)11-13-19)23(29)17-31-16-20-8-7-9-21(26)14-20/h7-14,22H,6,15-17H2,1-5H3,(H,27,30)/t22-/m0/s1. The summed E-state index contributed by atoms with van der Waals surface area (Å²) in [5.74, 6) is 0.840. The zero-order valence-corrected chi connectivity index (χ0v) is 20.6. The van der Waals surface area contributed by atoms with Crippen LogP contribution in [0.25, 0.3) is 0 Å². The van der Waals surface area contributed by atoms with Gasteiger partial charge in [-0.3, -0.25) is 9.59 Å². The molecule has 0 aliphatic rings. The number of thioether (sulfide) groups is 1. The molecule has 6 heteroatoms. The SMILES string of the molecule is CC[C@@H](C(=O)NC(C)(C)C)N(Cc1ccc(C)cc1)C(=O)CSCc1cccc(Cl)c1. The molecule has 0 heterocycles. The van der Waals surface area contributed by atoms with E-state index in [2.05, 4.69) is 5.32 Å². The zero-order chi connectivity index (χ0) is 23.0. The second kappa shape index (κ2) is 11.6. The maximum Gasteiger partial charge on any atom is 0.243 e. The summed E-state index contributed by atoms with van der Waals surface area (Å²) in [4.78, 5) is 27.9. The molecule has 2 aromatic carbocycles. The minimum Gasteiger partial charge on any atom is -0.350 e. The Morgan fingerprint density at radius 1 is 1.10 bits per heavy atom. The lowest BCUT2D eigenvalue weighted by Crippen LogP contribution is -2.53. The predicted octanol–water partition coefficient (Wildman–Crippen LogP) is 5.60. The molecule has 0 saturated carbocycles. The molecule has 0 aromatic heterocycles. The largest absolute Gasteiger partial charge is 0.350 e. The Morgan fingerprint density at radius 3 is 2.35 bits per heavy atom. The summed E-state index contributed by atoms with van der Waals surface area (Å²) in [5, 5.41) is 3.72. The van der Waals surface area contributed by atoms with Gasteiger partial charge in [-0.1, -0.05) is 60.5 Å². The van der Waals surface area contributed by atoms with Gasteiger partial charge in [-0.15, -0.1) is 11.8 Å². The smallest absolute Gasteiger partial charge is 0.243 e. The summed E-state index contributed by atoms with van der Waals surface area (Å²) in [7, 11) is 0. The van der Waals surface area contributed by atoms with Gasteiger partial charge in [0.15, 0.2) is 0 Å². The lowest BCUT2D eigenvalue weighted by molar-refractivity contribution is -0.140. The number of nitrogens with zero attached hydrogens (tertiary/aromatic N) is 1. The highest BCUT2D eigenvalue weighted by molar-refractivity contribution is 7.99. The fourth-order valence-corrected chi connectivity index (χ4v) is 4.30. The van der Waals surface area contributed by atoms with Crippen molar-refractivity contribution in [1.29, 1.82) is 0 Å². The van der Waals surface area contributed by atoms with E-state index in [1.165, 1.54) is 11.8 Å². The number of hydrogen-bond acceptors (Lipinski definition) is 3. The minimum absolute atomic E-state index is 0.0384. The topological polar surface area (TPSA) is 49.4 Å². The number of aryl methyl sites for hydroxylation is 1. The number of benzene rings is 2. The van der Waals surface area contributed by atoms with E-state index in [9.17, 15) is 9.59 Å². The van der Waals surface area contributed by atoms with Crippen molar-refractivity contribution in [3.8, 4) is 0 Å². The summed E-state index contributed by atoms with van der Waals surface area (Å²) < 4.78 is 0. The summed E-state index contributed by atoms with van der Waals surface area (Å²) >= 11 is 7.59. The van der Waals surface area contributed by atoms with E-state index < -0.39 is 6.04 Å². The van der Waals surface area contributed by atoms with E-state index in [4.69, 9.17) is 11.6 Å². The van der Waals surface area contributed by atoms with E-state index in [1.54, 1.807) is 4.90 Å². The molecule has 0 fully saturated rings. The summed E-state index contributed by atoms with van der Waals surface area (Å²) in [6, 6.07) is 15.2. The highest BCUT2D eigenvalue weighted by Gasteiger charge is 2.30. The quantitative estimate of drug-likeness (QED) is 0.529. The molecule has 1 N–H and O–H groups in total. The summed E-state index contributed by atoms with van der Waals surface area (Å²) in [5.41, 5.74) is 2.90. The molecule has 0 aliphatic carbocycles. The average molecular weight is 461 g/mol. The minimum atomic E-state index is -0.514. The molecule has 2 amide bonds. The normalized spacial score (nSPS) is 12.3. The lowest BCUT2D eigenvalue weighted by Gasteiger charge is -2.33. The van der Waals surface area contributed by atoms with Gasteiger partial charge in [0.2, 0.25) is 11.8 Å². The van der Waals surface area contributed by atoms with E-state index >= 15 is 0 Å². The van der Waals surface area contributed by atoms with Crippen LogP contribution in [0.15, 0.2) is 48.5 Å². The first-order valence-electron chi connectivity index (χ1n) is 10.6. The molecule has 0 spiro atoms. The molecule has 2 aromatic rings. The molecule has 0 aliphatic heterocycles. The highest BCUT2D eigenvalue weighted by Crippen LogP contribution is 2.20. The summed E-state index contributed by atoms with van der Waals surface area (Å²) in [6.07, 6.45) is 0.554. The van der Waals surface area contributed by atoms with Crippen molar-refractivity contribution in [2.75, 3.05) is 5.75 Å². The number of nitrogens with one attached hydrogen (secondary N) is 1. The van der Waals surface area contributed by atoms with Gasteiger partial charge in [0.05, 0.1) is 5.75 Å². The van der Waals surface area contributed by atoms with Gasteiger partial charge in [0, 0.05) is 22.9 Å². The molecule has 168 valence electrons. The van der Waals surface area contributed by atoms with Crippen molar-refractivity contribution in [1.82, 2.24) is 10.2 Å². The van der Waals surface area contributed by atoms with Crippen LogP contribution in [-0.4, -0.2) is 34.0 Å². The van der Waals surface area contributed by atoms with Gasteiger partial charge >= 0.3 is 0 Å². The molecule has 0 unspecified atom stereocenters. The van der Waals surface area contributed by atoms with E-state index in [1.807, 2.05) is 83.1 Å². The van der Waals surface area contributed by atoms with Gasteiger partial charge in [-0.2, -0.15) is 0 Å². The molecule has 2 rings (SSSR count). The first-order chi connectivity index (χ1) is 14.6. The van der Waals surface area contributed by atoms with Crippen LogP contribution in [0.1, 0.15) is 50.8 Å². The Labute approximate surface area is 195 Å². The Hall–Kier alpha value is -1.98. The first kappa shape index (κ1) is 25.3. The average Bonchev–Trinajstić information content (AvgIpc) is 2.68. The third-order valence-electron chi connectivity index (χ3n) is 4.74. The third-order valence-corrected chi connectivity index (χ3v) is 5.96. The second-order valence-electron chi connectivity index (χ2n) is 8.79. The van der Waals surface area contributed by atoms with Gasteiger partial charge < -0.3 is 10.2 Å². The molecular formula is C25H33ClN2O2S. The third kappa shape index (κ3) is 8.58. The Morgan fingerprint density at radius 2 is 1.77 bits per heavy atom. The predicted molar refractivity (Wildman–Crippen MR) is 131 cm³/mol. The number of carbonyl (C=O) groups excluding carboxylic acids is 2. The summed E-state index contributed by atoms with van der Waals surface area (Å²) in [6.45, 7) is 10.2. The molecular weight excluding hydrogens is 428 g/mol. The number of hydrogen-bond donors (Lipinski definition) is 1. The van der Waals surface area contributed by atoms with Crippen LogP contribution >= 0.6 is 23.4 Å². The second-order valence-corrected chi connectivity index (χ2v) is 10.2. The zero-order valence-electron chi connectivity index (χ0n) is 19.1. The van der Waals surface area contributed by atoms with Gasteiger partial charge in [-0.25, -0.2) is 0 Å². The van der Waals surface area contributed by atoms with Crippen LogP contribution < -0.4 is 5.32 Å². The molecule has 0 saturated heterocycles. The van der Waals surface area contributed by atoms with Crippen LogP contribution in [0.3, 0.4) is 0 Å². The van der Waals surface area contributed by atoms with Crippen molar-refractivity contribution in [3.05, 3.63) is 70.2 Å². The van der Waals surface area contributed by atoms with Crippen LogP contribution in [-0.2, 0) is 21.9 Å². The Bertz CT molecular complexity index is 878. The van der Waals surface area contributed by atoms with Crippen molar-refractivity contribution in [3.63, 3.8) is 0 Å². The Balaban J connectivity index is 2.15. The van der Waals surface area contributed by atoms with Gasteiger partial charge in [-0.05, 0) is 57.4 Å². The maximum absolute atomic E-state index is 13.2. The van der Waals surface area contributed by atoms with Gasteiger partial charge in [0.25, 0.3) is 0 Å². The first-order valence-corrected chi connectivity index (χ1v) is 12.1. The van der Waals surface area contributed by atoms with E-state index in [0.29, 0.717) is 29.5 Å². The molecule has 1 atom stereocenters. The fraction of sp³-hybridized carbons (Fsp3) is 0.440. The van der Waals surface area contributed by atoms with Crippen molar-refractivity contribution >= 4 is 35.2 Å². The molecule has 0 radical (unpaired) electrons. The fourth-order valence-electron chi connectivity index (χ4n) is 3.23. The molecule has 4 nitrogen and oxygen atoms in total. The van der Waals surface area contributed by atoms with E-state index in [0.717, 1.165) is 16.7 Å². The van der Waals surface area contributed by atoms with Crippen LogP contribution in [0.4, 0.5) is 0 Å². The van der Waals surface area contributed by atoms with Crippen molar-refractivity contribution in [2.45, 2.75) is 64.9 Å². The van der Waals surface area contributed by atoms with Crippen LogP contribution in [0.5, 0.6) is 0 Å². The molecule has 31 heavy (non-hydrogen) atoms. The molecule has 0 bridgehead atoms. The highest BCUT2D eigenvalue weighted by atomic mass is 35.5. The number of carbonyl (C=O) groups is 2. The Kier molecular flexibility index (Phi) is 9.45. The number of halogens is 1. The van der Waals surface area contributed by atoms with Crippen LogP contribution in [0, 0.1) is 6.92 Å². The lowest BCUT2D eigenvalue weighted by atomic mass is 10.1. The van der Waals surface area contributed by atoms with Crippen molar-refractivity contribution < 1.29 is 9.59 Å². The monoisotopic (exact) mass is 460 g/mol. The van der Waals surface area contributed by atoms with E-state index in [-0.39, 0.29) is 17.4 Å². The number of rotatable bonds is 9.